The van der Waals surface area contributed by atoms with Gasteiger partial charge >= 0.3 is 5.69 Å². The molecule has 1 N–H and O–H groups in total. The van der Waals surface area contributed by atoms with Crippen LogP contribution in [0.15, 0.2) is 30.3 Å². The van der Waals surface area contributed by atoms with E-state index in [0.717, 1.165) is 17.8 Å². The van der Waals surface area contributed by atoms with E-state index in [9.17, 15) is 14.9 Å². The average molecular weight is 371 g/mol. The Kier molecular flexibility index (Phi) is 6.46. The average Bonchev–Trinajstić information content (AvgIpc) is 2.57. The molecule has 0 saturated carbocycles. The van der Waals surface area contributed by atoms with Crippen LogP contribution in [0, 0.1) is 24.0 Å². The van der Waals surface area contributed by atoms with E-state index in [4.69, 9.17) is 0 Å². The number of amides is 1. The van der Waals surface area contributed by atoms with Gasteiger partial charge in [-0.2, -0.15) is 0 Å². The summed E-state index contributed by atoms with van der Waals surface area (Å²) in [5.74, 6) is -0.180. The number of rotatable bonds is 7. The zero-order chi connectivity index (χ0) is 20.1. The number of hydrogen-bond donors (Lipinski definition) is 1. The Labute approximate surface area is 159 Å². The maximum absolute atomic E-state index is 12.7. The summed E-state index contributed by atoms with van der Waals surface area (Å²) < 4.78 is 0. The lowest BCUT2D eigenvalue weighted by atomic mass is 10.1. The van der Waals surface area contributed by atoms with Gasteiger partial charge in [-0.3, -0.25) is 14.9 Å². The third-order valence-electron chi connectivity index (χ3n) is 4.08. The van der Waals surface area contributed by atoms with Gasteiger partial charge in [0.2, 0.25) is 0 Å². The molecule has 0 bridgehead atoms. The first-order valence-corrected chi connectivity index (χ1v) is 8.59. The number of anilines is 2. The molecule has 144 valence electrons. The summed E-state index contributed by atoms with van der Waals surface area (Å²) in [6.07, 6.45) is 0. The van der Waals surface area contributed by atoms with Crippen molar-refractivity contribution in [2.24, 2.45) is 0 Å². The second-order valence-corrected chi connectivity index (χ2v) is 6.78. The summed E-state index contributed by atoms with van der Waals surface area (Å²) in [4.78, 5) is 32.0. The van der Waals surface area contributed by atoms with Crippen molar-refractivity contribution in [3.63, 3.8) is 0 Å². The van der Waals surface area contributed by atoms with Crippen molar-refractivity contribution >= 4 is 23.1 Å². The van der Waals surface area contributed by atoms with Crippen molar-refractivity contribution in [3.8, 4) is 0 Å². The minimum atomic E-state index is -0.554. The highest BCUT2D eigenvalue weighted by Gasteiger charge is 2.26. The van der Waals surface area contributed by atoms with Gasteiger partial charge in [0, 0.05) is 25.8 Å². The summed E-state index contributed by atoms with van der Waals surface area (Å²) >= 11 is 0. The summed E-state index contributed by atoms with van der Waals surface area (Å²) in [7, 11) is 5.64. The quantitative estimate of drug-likeness (QED) is 0.594. The van der Waals surface area contributed by atoms with Crippen LogP contribution in [0.4, 0.5) is 17.2 Å². The fourth-order valence-electron chi connectivity index (χ4n) is 2.77. The van der Waals surface area contributed by atoms with E-state index in [1.54, 1.807) is 30.1 Å². The van der Waals surface area contributed by atoms with Gasteiger partial charge in [0.25, 0.3) is 5.91 Å². The number of hydrogen-bond acceptors (Lipinski definition) is 6. The van der Waals surface area contributed by atoms with Crippen LogP contribution in [0.5, 0.6) is 0 Å². The molecule has 1 aromatic heterocycles. The largest absolute Gasteiger partial charge is 0.368 e. The molecule has 0 fully saturated rings. The van der Waals surface area contributed by atoms with Crippen molar-refractivity contribution in [2.45, 2.75) is 13.8 Å². The summed E-state index contributed by atoms with van der Waals surface area (Å²) in [5.41, 5.74) is 1.92. The highest BCUT2D eigenvalue weighted by Crippen LogP contribution is 2.31. The van der Waals surface area contributed by atoms with Crippen LogP contribution in [0.3, 0.4) is 0 Å². The maximum atomic E-state index is 12.7. The number of carbonyl (C=O) groups is 1. The fraction of sp³-hybridized carbons (Fsp3) is 0.368. The first-order valence-electron chi connectivity index (χ1n) is 8.59. The van der Waals surface area contributed by atoms with E-state index < -0.39 is 10.8 Å². The predicted octanol–water partition coefficient (Wildman–Crippen LogP) is 2.86. The van der Waals surface area contributed by atoms with Gasteiger partial charge in [0.05, 0.1) is 4.92 Å². The Hall–Kier alpha value is -3.00. The van der Waals surface area contributed by atoms with Crippen LogP contribution in [-0.2, 0) is 0 Å². The number of carbonyl (C=O) groups excluding carboxylic acids is 1. The summed E-state index contributed by atoms with van der Waals surface area (Å²) in [5, 5.41) is 14.4. The number of nitro groups is 1. The standard InChI is InChI=1S/C19H25N5O3/c1-13-11-14(2)20-17(12-13)21-19(25)15-7-6-8-16(18(15)24(26)27)23(5)10-9-22(3)4/h6-8,11-12H,9-10H2,1-5H3,(H,20,21,25). The number of nitro benzene ring substituents is 1. The van der Waals surface area contributed by atoms with Crippen molar-refractivity contribution in [2.75, 3.05) is 44.4 Å². The van der Waals surface area contributed by atoms with Crippen molar-refractivity contribution in [1.82, 2.24) is 9.88 Å². The monoisotopic (exact) mass is 371 g/mol. The highest BCUT2D eigenvalue weighted by atomic mass is 16.6. The third kappa shape index (κ3) is 5.24. The zero-order valence-electron chi connectivity index (χ0n) is 16.3. The number of nitrogens with zero attached hydrogens (tertiary/aromatic N) is 4. The second kappa shape index (κ2) is 8.59. The molecule has 0 unspecified atom stereocenters. The van der Waals surface area contributed by atoms with Crippen LogP contribution >= 0.6 is 0 Å². The normalized spacial score (nSPS) is 10.7. The van der Waals surface area contributed by atoms with Crippen LogP contribution in [0.25, 0.3) is 0 Å². The Balaban J connectivity index is 2.36. The SMILES string of the molecule is Cc1cc(C)nc(NC(=O)c2cccc(N(C)CCN(C)C)c2[N+](=O)[O-])c1. The van der Waals surface area contributed by atoms with Crippen molar-refractivity contribution in [1.29, 1.82) is 0 Å². The molecule has 0 aliphatic heterocycles. The minimum absolute atomic E-state index is 0.00941. The first kappa shape index (κ1) is 20.3. The van der Waals surface area contributed by atoms with E-state index in [2.05, 4.69) is 10.3 Å². The first-order chi connectivity index (χ1) is 12.7. The summed E-state index contributed by atoms with van der Waals surface area (Å²) in [6.45, 7) is 5.05. The molecule has 1 heterocycles. The fourth-order valence-corrected chi connectivity index (χ4v) is 2.77. The second-order valence-electron chi connectivity index (χ2n) is 6.78. The molecule has 8 heteroatoms. The molecule has 1 amide bonds. The maximum Gasteiger partial charge on any atom is 0.305 e. The number of aryl methyl sites for hydroxylation is 2. The van der Waals surface area contributed by atoms with Crippen molar-refractivity contribution in [3.05, 3.63) is 57.3 Å². The van der Waals surface area contributed by atoms with Crippen LogP contribution in [0.1, 0.15) is 21.6 Å². The van der Waals surface area contributed by atoms with Gasteiger partial charge in [-0.15, -0.1) is 0 Å². The third-order valence-corrected chi connectivity index (χ3v) is 4.08. The van der Waals surface area contributed by atoms with Crippen molar-refractivity contribution < 1.29 is 9.72 Å². The lowest BCUT2D eigenvalue weighted by Gasteiger charge is -2.22. The molecule has 2 aromatic rings. The number of aromatic nitrogens is 1. The Bertz CT molecular complexity index is 831. The number of likely N-dealkylation sites (N-methyl/N-ethyl adjacent to an activating group) is 2. The molecule has 27 heavy (non-hydrogen) atoms. The van der Waals surface area contributed by atoms with E-state index >= 15 is 0 Å². The zero-order valence-corrected chi connectivity index (χ0v) is 16.3. The molecule has 0 aliphatic carbocycles. The predicted molar refractivity (Wildman–Crippen MR) is 107 cm³/mol. The topological polar surface area (TPSA) is 91.6 Å². The molecule has 0 aliphatic rings. The smallest absolute Gasteiger partial charge is 0.305 e. The number of para-hydroxylation sites is 1. The molecule has 0 atom stereocenters. The van der Waals surface area contributed by atoms with Gasteiger partial charge in [-0.05, 0) is 57.8 Å². The van der Waals surface area contributed by atoms with Crippen LogP contribution in [0.2, 0.25) is 0 Å². The van der Waals surface area contributed by atoms with Gasteiger partial charge in [-0.25, -0.2) is 4.98 Å². The van der Waals surface area contributed by atoms with Gasteiger partial charge in [0.15, 0.2) is 0 Å². The molecule has 1 aromatic carbocycles. The number of benzene rings is 1. The highest BCUT2D eigenvalue weighted by molar-refractivity contribution is 6.08. The molecule has 0 radical (unpaired) electrons. The Morgan fingerprint density at radius 1 is 1.19 bits per heavy atom. The number of nitrogens with one attached hydrogen (secondary N) is 1. The molecular formula is C19H25N5O3. The minimum Gasteiger partial charge on any atom is -0.368 e. The Morgan fingerprint density at radius 2 is 1.89 bits per heavy atom. The van der Waals surface area contributed by atoms with Gasteiger partial charge in [-0.1, -0.05) is 6.07 Å². The van der Waals surface area contributed by atoms with Gasteiger partial charge in [0.1, 0.15) is 17.1 Å². The summed E-state index contributed by atoms with van der Waals surface area (Å²) in [6, 6.07) is 8.37. The molecule has 2 rings (SSSR count). The molecule has 8 nitrogen and oxygen atoms in total. The molecule has 0 spiro atoms. The van der Waals surface area contributed by atoms with E-state index in [0.29, 0.717) is 18.1 Å². The van der Waals surface area contributed by atoms with E-state index in [1.165, 1.54) is 6.07 Å². The van der Waals surface area contributed by atoms with Crippen LogP contribution in [-0.4, -0.2) is 54.9 Å². The van der Waals surface area contributed by atoms with E-state index in [1.807, 2.05) is 38.9 Å². The molecular weight excluding hydrogens is 346 g/mol. The lowest BCUT2D eigenvalue weighted by Crippen LogP contribution is -2.29. The van der Waals surface area contributed by atoms with Crippen LogP contribution < -0.4 is 10.2 Å². The molecule has 0 saturated heterocycles. The lowest BCUT2D eigenvalue weighted by molar-refractivity contribution is -0.384. The number of pyridine rings is 1. The van der Waals surface area contributed by atoms with Gasteiger partial charge < -0.3 is 15.1 Å². The van der Waals surface area contributed by atoms with E-state index in [-0.39, 0.29) is 11.3 Å². The Morgan fingerprint density at radius 3 is 2.48 bits per heavy atom.